The molecule has 0 saturated heterocycles. The smallest absolute Gasteiger partial charge is 0.163 e. The second-order valence-electron chi connectivity index (χ2n) is 3.79. The first-order valence-corrected chi connectivity index (χ1v) is 5.30. The van der Waals surface area contributed by atoms with E-state index in [0.29, 0.717) is 6.61 Å². The molecule has 0 aromatic heterocycles. The van der Waals surface area contributed by atoms with Crippen molar-refractivity contribution in [3.63, 3.8) is 0 Å². The van der Waals surface area contributed by atoms with Crippen LogP contribution in [-0.4, -0.2) is 12.7 Å². The first-order valence-electron chi connectivity index (χ1n) is 5.30. The highest BCUT2D eigenvalue weighted by Gasteiger charge is 2.21. The van der Waals surface area contributed by atoms with Gasteiger partial charge >= 0.3 is 0 Å². The lowest BCUT2D eigenvalue weighted by atomic mass is 10.0. The summed E-state index contributed by atoms with van der Waals surface area (Å²) in [5, 5.41) is 0. The molecule has 1 rings (SSSR count). The van der Waals surface area contributed by atoms with Gasteiger partial charge in [-0.2, -0.15) is 0 Å². The second kappa shape index (κ2) is 5.37. The Labute approximate surface area is 94.4 Å². The Kier molecular flexibility index (Phi) is 4.38. The van der Waals surface area contributed by atoms with Crippen molar-refractivity contribution in [2.45, 2.75) is 32.9 Å². The van der Waals surface area contributed by atoms with E-state index in [1.807, 2.05) is 6.92 Å². The number of ether oxygens (including phenoxy) is 1. The fourth-order valence-electron chi connectivity index (χ4n) is 1.54. The quantitative estimate of drug-likeness (QED) is 0.861. The van der Waals surface area contributed by atoms with E-state index in [9.17, 15) is 8.78 Å². The number of benzene rings is 1. The first-order chi connectivity index (χ1) is 7.49. The van der Waals surface area contributed by atoms with Crippen LogP contribution in [0, 0.1) is 18.6 Å². The van der Waals surface area contributed by atoms with Gasteiger partial charge in [-0.1, -0.05) is 12.1 Å². The van der Waals surface area contributed by atoms with Crippen LogP contribution in [0.1, 0.15) is 31.0 Å². The number of halogens is 2. The monoisotopic (exact) mass is 229 g/mol. The lowest BCUT2D eigenvalue weighted by Gasteiger charge is -2.21. The van der Waals surface area contributed by atoms with Gasteiger partial charge in [0, 0.05) is 12.2 Å². The van der Waals surface area contributed by atoms with E-state index in [4.69, 9.17) is 10.5 Å². The van der Waals surface area contributed by atoms with Crippen molar-refractivity contribution in [3.8, 4) is 0 Å². The number of hydrogen-bond donors (Lipinski definition) is 1. The SMILES string of the molecule is CCOC(C)C(N)c1ccc(C)c(F)c1F. The van der Waals surface area contributed by atoms with E-state index in [-0.39, 0.29) is 17.2 Å². The van der Waals surface area contributed by atoms with Gasteiger partial charge in [-0.15, -0.1) is 0 Å². The molecule has 0 bridgehead atoms. The summed E-state index contributed by atoms with van der Waals surface area (Å²) in [6.07, 6.45) is -0.346. The minimum atomic E-state index is -0.876. The molecule has 0 amide bonds. The Morgan fingerprint density at radius 1 is 1.31 bits per heavy atom. The molecule has 90 valence electrons. The first kappa shape index (κ1) is 13.1. The molecule has 0 aliphatic carbocycles. The predicted molar refractivity (Wildman–Crippen MR) is 59.1 cm³/mol. The highest BCUT2D eigenvalue weighted by molar-refractivity contribution is 5.28. The Bertz CT molecular complexity index is 368. The fourth-order valence-corrected chi connectivity index (χ4v) is 1.54. The minimum Gasteiger partial charge on any atom is -0.377 e. The van der Waals surface area contributed by atoms with E-state index >= 15 is 0 Å². The van der Waals surface area contributed by atoms with Crippen LogP contribution in [0.15, 0.2) is 12.1 Å². The van der Waals surface area contributed by atoms with Crippen LogP contribution in [0.25, 0.3) is 0 Å². The lowest BCUT2D eigenvalue weighted by molar-refractivity contribution is 0.0564. The standard InChI is InChI=1S/C12H17F2NO/c1-4-16-8(3)12(15)9-6-5-7(2)10(13)11(9)14/h5-6,8,12H,4,15H2,1-3H3. The van der Waals surface area contributed by atoms with E-state index in [1.54, 1.807) is 6.92 Å². The Morgan fingerprint density at radius 3 is 2.50 bits per heavy atom. The van der Waals surface area contributed by atoms with Gasteiger partial charge in [0.15, 0.2) is 11.6 Å². The average Bonchev–Trinajstić information content (AvgIpc) is 2.26. The molecule has 0 aliphatic rings. The molecule has 2 N–H and O–H groups in total. The summed E-state index contributed by atoms with van der Waals surface area (Å²) in [5.41, 5.74) is 6.24. The van der Waals surface area contributed by atoms with E-state index in [2.05, 4.69) is 0 Å². The van der Waals surface area contributed by atoms with E-state index < -0.39 is 17.7 Å². The fraction of sp³-hybridized carbons (Fsp3) is 0.500. The third-order valence-electron chi connectivity index (χ3n) is 2.60. The third kappa shape index (κ3) is 2.57. The maximum Gasteiger partial charge on any atom is 0.163 e. The number of hydrogen-bond acceptors (Lipinski definition) is 2. The van der Waals surface area contributed by atoms with Gasteiger partial charge in [0.1, 0.15) is 0 Å². The zero-order chi connectivity index (χ0) is 12.3. The maximum atomic E-state index is 13.6. The van der Waals surface area contributed by atoms with Crippen molar-refractivity contribution in [1.29, 1.82) is 0 Å². The Morgan fingerprint density at radius 2 is 1.94 bits per heavy atom. The molecule has 2 nitrogen and oxygen atoms in total. The second-order valence-corrected chi connectivity index (χ2v) is 3.79. The summed E-state index contributed by atoms with van der Waals surface area (Å²) in [5.74, 6) is -1.71. The summed E-state index contributed by atoms with van der Waals surface area (Å²) in [4.78, 5) is 0. The van der Waals surface area contributed by atoms with Crippen LogP contribution in [0.3, 0.4) is 0 Å². The van der Waals surface area contributed by atoms with Crippen LogP contribution in [-0.2, 0) is 4.74 Å². The van der Waals surface area contributed by atoms with E-state index in [1.165, 1.54) is 19.1 Å². The van der Waals surface area contributed by atoms with Crippen LogP contribution in [0.2, 0.25) is 0 Å². The molecule has 16 heavy (non-hydrogen) atoms. The van der Waals surface area contributed by atoms with Gasteiger partial charge in [-0.3, -0.25) is 0 Å². The Balaban J connectivity index is 3.00. The maximum absolute atomic E-state index is 13.6. The zero-order valence-electron chi connectivity index (χ0n) is 9.76. The van der Waals surface area contributed by atoms with Crippen molar-refractivity contribution in [2.75, 3.05) is 6.61 Å². The van der Waals surface area contributed by atoms with Gasteiger partial charge in [0.25, 0.3) is 0 Å². The van der Waals surface area contributed by atoms with Gasteiger partial charge in [0.2, 0.25) is 0 Å². The third-order valence-corrected chi connectivity index (χ3v) is 2.60. The summed E-state index contributed by atoms with van der Waals surface area (Å²) in [6.45, 7) is 5.57. The van der Waals surface area contributed by atoms with Gasteiger partial charge in [-0.25, -0.2) is 8.78 Å². The van der Waals surface area contributed by atoms with Gasteiger partial charge in [0.05, 0.1) is 12.1 Å². The number of rotatable bonds is 4. The van der Waals surface area contributed by atoms with Crippen molar-refractivity contribution in [3.05, 3.63) is 34.9 Å². The average molecular weight is 229 g/mol. The summed E-state index contributed by atoms with van der Waals surface area (Å²) < 4.78 is 32.2. The highest BCUT2D eigenvalue weighted by Crippen LogP contribution is 2.23. The topological polar surface area (TPSA) is 35.2 Å². The van der Waals surface area contributed by atoms with Crippen molar-refractivity contribution < 1.29 is 13.5 Å². The molecule has 0 heterocycles. The minimum absolute atomic E-state index is 0.157. The van der Waals surface area contributed by atoms with Crippen LogP contribution in [0.5, 0.6) is 0 Å². The van der Waals surface area contributed by atoms with Crippen molar-refractivity contribution >= 4 is 0 Å². The van der Waals surface area contributed by atoms with Crippen LogP contribution < -0.4 is 5.73 Å². The lowest BCUT2D eigenvalue weighted by Crippen LogP contribution is -2.27. The molecule has 1 aromatic carbocycles. The Hall–Kier alpha value is -1.00. The molecule has 1 aromatic rings. The zero-order valence-corrected chi connectivity index (χ0v) is 9.76. The van der Waals surface area contributed by atoms with E-state index in [0.717, 1.165) is 0 Å². The molecule has 2 atom stereocenters. The number of aryl methyl sites for hydroxylation is 1. The molecular weight excluding hydrogens is 212 g/mol. The number of nitrogens with two attached hydrogens (primary N) is 1. The van der Waals surface area contributed by atoms with Crippen LogP contribution in [0.4, 0.5) is 8.78 Å². The van der Waals surface area contributed by atoms with Crippen molar-refractivity contribution in [1.82, 2.24) is 0 Å². The van der Waals surface area contributed by atoms with Crippen molar-refractivity contribution in [2.24, 2.45) is 5.73 Å². The summed E-state index contributed by atoms with van der Waals surface area (Å²) >= 11 is 0. The van der Waals surface area contributed by atoms with Crippen LogP contribution >= 0.6 is 0 Å². The molecule has 2 unspecified atom stereocenters. The van der Waals surface area contributed by atoms with Gasteiger partial charge in [-0.05, 0) is 26.3 Å². The molecule has 0 fully saturated rings. The highest BCUT2D eigenvalue weighted by atomic mass is 19.2. The molecule has 0 radical (unpaired) electrons. The molecule has 0 spiro atoms. The molecule has 4 heteroatoms. The van der Waals surface area contributed by atoms with Gasteiger partial charge < -0.3 is 10.5 Å². The molecule has 0 saturated carbocycles. The largest absolute Gasteiger partial charge is 0.377 e. The molecular formula is C12H17F2NO. The summed E-state index contributed by atoms with van der Waals surface area (Å²) in [6, 6.07) is 2.37. The summed E-state index contributed by atoms with van der Waals surface area (Å²) in [7, 11) is 0. The predicted octanol–water partition coefficient (Wildman–Crippen LogP) is 2.70. The molecule has 0 aliphatic heterocycles. The normalized spacial score (nSPS) is 14.9.